The van der Waals surface area contributed by atoms with Crippen molar-refractivity contribution in [3.05, 3.63) is 42.5 Å². The summed E-state index contributed by atoms with van der Waals surface area (Å²) in [6, 6.07) is 13.2. The predicted octanol–water partition coefficient (Wildman–Crippen LogP) is 2.06. The van der Waals surface area contributed by atoms with Crippen LogP contribution in [0.15, 0.2) is 42.5 Å². The fourth-order valence-electron chi connectivity index (χ4n) is 3.07. The van der Waals surface area contributed by atoms with Crippen LogP contribution in [0.2, 0.25) is 0 Å². The molecule has 1 aliphatic carbocycles. The van der Waals surface area contributed by atoms with Crippen LogP contribution in [0, 0.1) is 5.92 Å². The number of hydrogen-bond donors (Lipinski definition) is 3. The Morgan fingerprint density at radius 1 is 1.04 bits per heavy atom. The van der Waals surface area contributed by atoms with Crippen molar-refractivity contribution in [3.8, 4) is 0 Å². The first-order valence-electron chi connectivity index (χ1n) is 7.90. The van der Waals surface area contributed by atoms with E-state index in [2.05, 4.69) is 10.6 Å². The third-order valence-electron chi connectivity index (χ3n) is 4.39. The molecule has 0 aromatic heterocycles. The second-order valence-corrected chi connectivity index (χ2v) is 5.95. The summed E-state index contributed by atoms with van der Waals surface area (Å²) in [6.45, 7) is 0.336. The molecule has 2 amide bonds. The Morgan fingerprint density at radius 3 is 2.61 bits per heavy atom. The van der Waals surface area contributed by atoms with Gasteiger partial charge in [0.1, 0.15) is 0 Å². The highest BCUT2D eigenvalue weighted by Gasteiger charge is 2.26. The highest BCUT2D eigenvalue weighted by atomic mass is 16.3. The third kappa shape index (κ3) is 3.51. The maximum Gasteiger partial charge on any atom is 0.313 e. The molecule has 2 atom stereocenters. The van der Waals surface area contributed by atoms with Crippen molar-refractivity contribution in [1.82, 2.24) is 5.32 Å². The number of aliphatic hydroxyl groups excluding tert-OH is 1. The number of anilines is 1. The topological polar surface area (TPSA) is 78.4 Å². The smallest absolute Gasteiger partial charge is 0.313 e. The minimum absolute atomic E-state index is 0.0457. The number of carbonyl (C=O) groups excluding carboxylic acids is 2. The number of nitrogens with one attached hydrogen (secondary N) is 2. The zero-order chi connectivity index (χ0) is 16.2. The highest BCUT2D eigenvalue weighted by Crippen LogP contribution is 2.25. The summed E-state index contributed by atoms with van der Waals surface area (Å²) in [5.74, 6) is -1.31. The van der Waals surface area contributed by atoms with Gasteiger partial charge in [-0.1, -0.05) is 42.8 Å². The average molecular weight is 312 g/mol. The Kier molecular flexibility index (Phi) is 4.57. The molecule has 0 saturated heterocycles. The average Bonchev–Trinajstić information content (AvgIpc) is 2.98. The summed E-state index contributed by atoms with van der Waals surface area (Å²) < 4.78 is 0. The van der Waals surface area contributed by atoms with Crippen molar-refractivity contribution < 1.29 is 14.7 Å². The number of aliphatic hydroxyl groups is 1. The van der Waals surface area contributed by atoms with Gasteiger partial charge in [-0.3, -0.25) is 9.59 Å². The molecule has 3 rings (SSSR count). The monoisotopic (exact) mass is 312 g/mol. The van der Waals surface area contributed by atoms with E-state index in [-0.39, 0.29) is 12.0 Å². The quantitative estimate of drug-likeness (QED) is 0.759. The summed E-state index contributed by atoms with van der Waals surface area (Å²) in [6.07, 6.45) is 2.23. The van der Waals surface area contributed by atoms with E-state index in [9.17, 15) is 14.7 Å². The van der Waals surface area contributed by atoms with Crippen molar-refractivity contribution in [3.63, 3.8) is 0 Å². The van der Waals surface area contributed by atoms with Gasteiger partial charge in [0, 0.05) is 23.5 Å². The van der Waals surface area contributed by atoms with Gasteiger partial charge in [0.05, 0.1) is 6.10 Å². The molecular formula is C18H20N2O3. The first-order chi connectivity index (χ1) is 11.1. The van der Waals surface area contributed by atoms with Crippen LogP contribution in [0.3, 0.4) is 0 Å². The van der Waals surface area contributed by atoms with Gasteiger partial charge in [-0.15, -0.1) is 0 Å². The van der Waals surface area contributed by atoms with E-state index in [1.807, 2.05) is 36.4 Å². The number of fused-ring (bicyclic) bond motifs is 1. The highest BCUT2D eigenvalue weighted by molar-refractivity contribution is 6.40. The third-order valence-corrected chi connectivity index (χ3v) is 4.39. The Bertz CT molecular complexity index is 724. The van der Waals surface area contributed by atoms with E-state index in [4.69, 9.17) is 0 Å². The molecule has 120 valence electrons. The molecule has 0 spiro atoms. The van der Waals surface area contributed by atoms with Crippen LogP contribution in [0.5, 0.6) is 0 Å². The first kappa shape index (κ1) is 15.5. The van der Waals surface area contributed by atoms with E-state index in [1.165, 1.54) is 0 Å². The molecular weight excluding hydrogens is 292 g/mol. The lowest BCUT2D eigenvalue weighted by Crippen LogP contribution is -2.39. The van der Waals surface area contributed by atoms with E-state index in [0.29, 0.717) is 12.2 Å². The van der Waals surface area contributed by atoms with Crippen molar-refractivity contribution in [2.24, 2.45) is 5.92 Å². The van der Waals surface area contributed by atoms with E-state index in [1.54, 1.807) is 6.07 Å². The lowest BCUT2D eigenvalue weighted by molar-refractivity contribution is -0.136. The zero-order valence-electron chi connectivity index (χ0n) is 12.8. The minimum Gasteiger partial charge on any atom is -0.393 e. The van der Waals surface area contributed by atoms with Gasteiger partial charge in [-0.2, -0.15) is 0 Å². The van der Waals surface area contributed by atoms with Crippen LogP contribution in [0.4, 0.5) is 5.69 Å². The lowest BCUT2D eigenvalue weighted by atomic mass is 10.1. The van der Waals surface area contributed by atoms with Gasteiger partial charge in [0.25, 0.3) is 0 Å². The Morgan fingerprint density at radius 2 is 1.83 bits per heavy atom. The predicted molar refractivity (Wildman–Crippen MR) is 88.9 cm³/mol. The van der Waals surface area contributed by atoms with Crippen molar-refractivity contribution in [2.45, 2.75) is 25.4 Å². The molecule has 5 nitrogen and oxygen atoms in total. The largest absolute Gasteiger partial charge is 0.393 e. The minimum atomic E-state index is -0.686. The molecule has 0 bridgehead atoms. The molecule has 1 saturated carbocycles. The van der Waals surface area contributed by atoms with E-state index < -0.39 is 11.8 Å². The fraction of sp³-hybridized carbons (Fsp3) is 0.333. The van der Waals surface area contributed by atoms with Gasteiger partial charge in [0.15, 0.2) is 0 Å². The molecule has 3 N–H and O–H groups in total. The summed E-state index contributed by atoms with van der Waals surface area (Å²) in [7, 11) is 0. The molecule has 1 fully saturated rings. The number of rotatable bonds is 3. The van der Waals surface area contributed by atoms with Gasteiger partial charge >= 0.3 is 11.8 Å². The van der Waals surface area contributed by atoms with Crippen LogP contribution in [0.1, 0.15) is 19.3 Å². The van der Waals surface area contributed by atoms with Gasteiger partial charge in [-0.25, -0.2) is 0 Å². The molecule has 0 aliphatic heterocycles. The fourth-order valence-corrected chi connectivity index (χ4v) is 3.07. The van der Waals surface area contributed by atoms with Gasteiger partial charge in [-0.05, 0) is 24.3 Å². The van der Waals surface area contributed by atoms with Crippen LogP contribution in [-0.2, 0) is 9.59 Å². The Balaban J connectivity index is 1.62. The van der Waals surface area contributed by atoms with Gasteiger partial charge in [0.2, 0.25) is 0 Å². The number of benzene rings is 2. The summed E-state index contributed by atoms with van der Waals surface area (Å²) >= 11 is 0. The van der Waals surface area contributed by atoms with Crippen LogP contribution < -0.4 is 10.6 Å². The SMILES string of the molecule is O=C(NCC1CCCC1O)C(=O)Nc1cccc2ccccc12. The molecule has 23 heavy (non-hydrogen) atoms. The maximum atomic E-state index is 12.1. The van der Waals surface area contributed by atoms with Crippen molar-refractivity contribution >= 4 is 28.3 Å². The zero-order valence-corrected chi connectivity index (χ0v) is 12.8. The van der Waals surface area contributed by atoms with Crippen LogP contribution >= 0.6 is 0 Å². The van der Waals surface area contributed by atoms with E-state index >= 15 is 0 Å². The van der Waals surface area contributed by atoms with Crippen LogP contribution in [-0.4, -0.2) is 29.6 Å². The lowest BCUT2D eigenvalue weighted by Gasteiger charge is -2.15. The molecule has 5 heteroatoms. The van der Waals surface area contributed by atoms with Gasteiger partial charge < -0.3 is 15.7 Å². The number of carbonyl (C=O) groups is 2. The molecule has 1 aliphatic rings. The first-order valence-corrected chi connectivity index (χ1v) is 7.90. The molecule has 2 unspecified atom stereocenters. The maximum absolute atomic E-state index is 12.1. The second kappa shape index (κ2) is 6.79. The van der Waals surface area contributed by atoms with Crippen LogP contribution in [0.25, 0.3) is 10.8 Å². The molecule has 0 heterocycles. The normalized spacial score (nSPS) is 20.4. The number of amides is 2. The summed E-state index contributed by atoms with van der Waals surface area (Å²) in [5, 5.41) is 16.9. The Hall–Kier alpha value is -2.40. The Labute approximate surface area is 134 Å². The standard InChI is InChI=1S/C18H20N2O3/c21-16-10-4-7-13(16)11-19-17(22)18(23)20-15-9-3-6-12-5-1-2-8-14(12)15/h1-3,5-6,8-9,13,16,21H,4,7,10-11H2,(H,19,22)(H,20,23). The molecule has 2 aromatic carbocycles. The van der Waals surface area contributed by atoms with E-state index in [0.717, 1.165) is 30.0 Å². The molecule has 2 aromatic rings. The summed E-state index contributed by atoms with van der Waals surface area (Å²) in [4.78, 5) is 24.0. The second-order valence-electron chi connectivity index (χ2n) is 5.95. The van der Waals surface area contributed by atoms with Crippen molar-refractivity contribution in [2.75, 3.05) is 11.9 Å². The number of hydrogen-bond acceptors (Lipinski definition) is 3. The van der Waals surface area contributed by atoms with Crippen molar-refractivity contribution in [1.29, 1.82) is 0 Å². The molecule has 0 radical (unpaired) electrons. The summed E-state index contributed by atoms with van der Waals surface area (Å²) in [5.41, 5.74) is 0.615.